The zero-order valence-electron chi connectivity index (χ0n) is 34.7. The van der Waals surface area contributed by atoms with Crippen molar-refractivity contribution in [1.29, 1.82) is 0 Å². The van der Waals surface area contributed by atoms with E-state index in [1.54, 1.807) is 0 Å². The molecule has 0 bridgehead atoms. The second-order valence-corrected chi connectivity index (χ2v) is 16.3. The highest BCUT2D eigenvalue weighted by Crippen LogP contribution is 2.34. The molecule has 0 saturated heterocycles. The lowest BCUT2D eigenvalue weighted by Crippen LogP contribution is -1.96. The molecular formula is C60H38N4. The Balaban J connectivity index is 0.894. The van der Waals surface area contributed by atoms with Crippen LogP contribution in [0, 0.1) is 0 Å². The van der Waals surface area contributed by atoms with Crippen LogP contribution in [0.15, 0.2) is 231 Å². The van der Waals surface area contributed by atoms with Crippen molar-refractivity contribution in [1.82, 2.24) is 19.9 Å². The topological polar surface area (TPSA) is 51.6 Å². The van der Waals surface area contributed by atoms with Crippen LogP contribution in [-0.2, 0) is 0 Å². The first-order chi connectivity index (χ1) is 31.6. The van der Waals surface area contributed by atoms with Crippen LogP contribution in [0.3, 0.4) is 0 Å². The van der Waals surface area contributed by atoms with Crippen molar-refractivity contribution in [3.05, 3.63) is 231 Å². The normalized spacial score (nSPS) is 11.4. The minimum absolute atomic E-state index is 0.682. The molecule has 0 N–H and O–H groups in total. The highest BCUT2D eigenvalue weighted by atomic mass is 14.9. The van der Waals surface area contributed by atoms with Crippen LogP contribution in [0.5, 0.6) is 0 Å². The van der Waals surface area contributed by atoms with Gasteiger partial charge in [-0.2, -0.15) is 0 Å². The molecule has 0 fully saturated rings. The molecule has 12 rings (SSSR count). The molecular weight excluding hydrogens is 777 g/mol. The number of hydrogen-bond donors (Lipinski definition) is 0. The highest BCUT2D eigenvalue weighted by Gasteiger charge is 2.15. The van der Waals surface area contributed by atoms with E-state index < -0.39 is 0 Å². The van der Waals surface area contributed by atoms with Gasteiger partial charge in [0.25, 0.3) is 0 Å². The van der Waals surface area contributed by atoms with Gasteiger partial charge < -0.3 is 0 Å². The Morgan fingerprint density at radius 1 is 0.172 bits per heavy atom. The minimum atomic E-state index is 0.682. The van der Waals surface area contributed by atoms with Crippen molar-refractivity contribution in [3.63, 3.8) is 0 Å². The van der Waals surface area contributed by atoms with Crippen molar-refractivity contribution in [2.45, 2.75) is 0 Å². The molecule has 0 aliphatic carbocycles. The SMILES string of the molecule is c1ccc2cc(-c3cc(-c4ccc5ccccc5c4)nc(-c4ccc(-c5ccc(-c6nc(-c7ccc8ccccc8c7)cc(-c7ccc8ccccc8c7)n6)cc5)cc4)n3)ccc2c1. The van der Waals surface area contributed by atoms with Gasteiger partial charge in [-0.1, -0.05) is 194 Å². The molecule has 0 unspecified atom stereocenters. The second kappa shape index (κ2) is 15.7. The maximum absolute atomic E-state index is 5.18. The lowest BCUT2D eigenvalue weighted by molar-refractivity contribution is 1.18. The van der Waals surface area contributed by atoms with Crippen LogP contribution >= 0.6 is 0 Å². The summed E-state index contributed by atoms with van der Waals surface area (Å²) in [5, 5.41) is 9.52. The standard InChI is InChI=1S/C60H38N4/c1-5-13-47-33-51(29-21-39(47)9-1)55-37-56(52-30-22-40-10-2-6-14-48(40)34-52)62-59(61-55)45-25-17-43(18-26-45)44-19-27-46(28-20-44)60-63-57(53-31-23-41-11-3-7-15-49(41)35-53)38-58(64-60)54-32-24-42-12-4-8-16-50(42)36-54/h1-38H. The second-order valence-electron chi connectivity index (χ2n) is 16.3. The number of benzene rings is 10. The molecule has 0 aliphatic rings. The quantitative estimate of drug-likeness (QED) is 0.161. The lowest BCUT2D eigenvalue weighted by atomic mass is 10.00. The van der Waals surface area contributed by atoms with E-state index in [9.17, 15) is 0 Å². The van der Waals surface area contributed by atoms with Gasteiger partial charge in [0.05, 0.1) is 22.8 Å². The van der Waals surface area contributed by atoms with E-state index in [4.69, 9.17) is 19.9 Å². The first-order valence-electron chi connectivity index (χ1n) is 21.6. The number of nitrogens with zero attached hydrogens (tertiary/aromatic N) is 4. The van der Waals surface area contributed by atoms with Crippen LogP contribution in [-0.4, -0.2) is 19.9 Å². The van der Waals surface area contributed by atoms with Gasteiger partial charge in [-0.3, -0.25) is 0 Å². The molecule has 12 aromatic rings. The van der Waals surface area contributed by atoms with E-state index in [1.807, 2.05) is 0 Å². The molecule has 0 radical (unpaired) electrons. The van der Waals surface area contributed by atoms with E-state index in [0.717, 1.165) is 67.3 Å². The first-order valence-corrected chi connectivity index (χ1v) is 21.6. The van der Waals surface area contributed by atoms with Gasteiger partial charge in [0, 0.05) is 33.4 Å². The van der Waals surface area contributed by atoms with Gasteiger partial charge in [-0.05, 0) is 90.6 Å². The maximum Gasteiger partial charge on any atom is 0.160 e. The third-order valence-corrected chi connectivity index (χ3v) is 12.3. The van der Waals surface area contributed by atoms with Crippen molar-refractivity contribution in [2.24, 2.45) is 0 Å². The smallest absolute Gasteiger partial charge is 0.160 e. The molecule has 298 valence electrons. The van der Waals surface area contributed by atoms with Gasteiger partial charge in [0.1, 0.15) is 0 Å². The number of aromatic nitrogens is 4. The molecule has 0 atom stereocenters. The third kappa shape index (κ3) is 7.13. The van der Waals surface area contributed by atoms with Crippen molar-refractivity contribution >= 4 is 43.1 Å². The first kappa shape index (κ1) is 37.2. The fourth-order valence-corrected chi connectivity index (χ4v) is 8.76. The fourth-order valence-electron chi connectivity index (χ4n) is 8.76. The molecule has 64 heavy (non-hydrogen) atoms. The zero-order valence-corrected chi connectivity index (χ0v) is 34.7. The van der Waals surface area contributed by atoms with Crippen LogP contribution in [0.2, 0.25) is 0 Å². The summed E-state index contributed by atoms with van der Waals surface area (Å²) in [5.74, 6) is 1.36. The van der Waals surface area contributed by atoms with E-state index in [0.29, 0.717) is 11.6 Å². The van der Waals surface area contributed by atoms with Gasteiger partial charge in [0.2, 0.25) is 0 Å². The van der Waals surface area contributed by atoms with Crippen LogP contribution in [0.1, 0.15) is 0 Å². The van der Waals surface area contributed by atoms with Crippen LogP contribution in [0.25, 0.3) is 122 Å². The number of rotatable bonds is 7. The van der Waals surface area contributed by atoms with Gasteiger partial charge >= 0.3 is 0 Å². The van der Waals surface area contributed by atoms with Crippen molar-refractivity contribution in [2.75, 3.05) is 0 Å². The average molecular weight is 815 g/mol. The summed E-state index contributed by atoms with van der Waals surface area (Å²) >= 11 is 0. The van der Waals surface area contributed by atoms with Crippen molar-refractivity contribution in [3.8, 4) is 78.9 Å². The van der Waals surface area contributed by atoms with E-state index in [-0.39, 0.29) is 0 Å². The largest absolute Gasteiger partial charge is 0.228 e. The fraction of sp³-hybridized carbons (Fsp3) is 0. The number of fused-ring (bicyclic) bond motifs is 4. The summed E-state index contributed by atoms with van der Waals surface area (Å²) < 4.78 is 0. The Kier molecular flexibility index (Phi) is 9.12. The summed E-state index contributed by atoms with van der Waals surface area (Å²) in [5.41, 5.74) is 11.8. The summed E-state index contributed by atoms with van der Waals surface area (Å²) in [7, 11) is 0. The molecule has 0 spiro atoms. The third-order valence-electron chi connectivity index (χ3n) is 12.3. The molecule has 10 aromatic carbocycles. The molecule has 2 aromatic heterocycles. The van der Waals surface area contributed by atoms with Gasteiger partial charge in [-0.25, -0.2) is 19.9 Å². The Hall–Kier alpha value is -8.60. The molecule has 0 amide bonds. The Labute approximate surface area is 370 Å². The van der Waals surface area contributed by atoms with Crippen LogP contribution in [0.4, 0.5) is 0 Å². The Morgan fingerprint density at radius 3 is 0.656 bits per heavy atom. The molecule has 0 aliphatic heterocycles. The van der Waals surface area contributed by atoms with Gasteiger partial charge in [0.15, 0.2) is 11.6 Å². The number of hydrogen-bond acceptors (Lipinski definition) is 4. The molecule has 4 nitrogen and oxygen atoms in total. The van der Waals surface area contributed by atoms with Crippen molar-refractivity contribution < 1.29 is 0 Å². The minimum Gasteiger partial charge on any atom is -0.228 e. The predicted octanol–water partition coefficient (Wildman–Crippen LogP) is 15.5. The summed E-state index contributed by atoms with van der Waals surface area (Å²) in [4.78, 5) is 20.7. The van der Waals surface area contributed by atoms with Crippen LogP contribution < -0.4 is 0 Å². The van der Waals surface area contributed by atoms with Gasteiger partial charge in [-0.15, -0.1) is 0 Å². The maximum atomic E-state index is 5.18. The summed E-state index contributed by atoms with van der Waals surface area (Å²) in [6.07, 6.45) is 0. The summed E-state index contributed by atoms with van der Waals surface area (Å²) in [6, 6.07) is 81.2. The van der Waals surface area contributed by atoms with E-state index >= 15 is 0 Å². The molecule has 4 heteroatoms. The Morgan fingerprint density at radius 2 is 0.391 bits per heavy atom. The molecule has 0 saturated carbocycles. The monoisotopic (exact) mass is 814 g/mol. The average Bonchev–Trinajstić information content (AvgIpc) is 3.38. The Bertz CT molecular complexity index is 3280. The molecule has 2 heterocycles. The van der Waals surface area contributed by atoms with E-state index in [1.165, 1.54) is 43.1 Å². The lowest BCUT2D eigenvalue weighted by Gasteiger charge is -2.12. The summed E-state index contributed by atoms with van der Waals surface area (Å²) in [6.45, 7) is 0. The predicted molar refractivity (Wildman–Crippen MR) is 266 cm³/mol. The zero-order chi connectivity index (χ0) is 42.4. The highest BCUT2D eigenvalue weighted by molar-refractivity contribution is 5.91. The van der Waals surface area contributed by atoms with E-state index in [2.05, 4.69) is 231 Å².